The molecule has 0 aliphatic rings. The molecule has 3 aromatic rings. The van der Waals surface area contributed by atoms with E-state index in [0.29, 0.717) is 23.5 Å². The SMILES string of the molecule is CCCNC(=O)c1ccccc1N(Cc1ccccc1)S(=O)(=O)c1ccc(OC)cc1. The maximum atomic E-state index is 13.7. The van der Waals surface area contributed by atoms with Crippen LogP contribution in [0.2, 0.25) is 0 Å². The zero-order valence-corrected chi connectivity index (χ0v) is 18.4. The highest BCUT2D eigenvalue weighted by Gasteiger charge is 2.28. The Morgan fingerprint density at radius 2 is 1.58 bits per heavy atom. The van der Waals surface area contributed by atoms with Crippen molar-refractivity contribution in [3.05, 3.63) is 90.0 Å². The molecule has 7 heteroatoms. The van der Waals surface area contributed by atoms with Crippen molar-refractivity contribution in [3.63, 3.8) is 0 Å². The Kier molecular flexibility index (Phi) is 7.31. The number of sulfonamides is 1. The second-order valence-electron chi connectivity index (χ2n) is 6.95. The van der Waals surface area contributed by atoms with Gasteiger partial charge < -0.3 is 10.1 Å². The molecule has 6 nitrogen and oxygen atoms in total. The van der Waals surface area contributed by atoms with E-state index in [1.165, 1.54) is 23.5 Å². The van der Waals surface area contributed by atoms with Gasteiger partial charge in [0.05, 0.1) is 29.8 Å². The number of rotatable bonds is 9. The van der Waals surface area contributed by atoms with Crippen molar-refractivity contribution < 1.29 is 17.9 Å². The van der Waals surface area contributed by atoms with Crippen LogP contribution in [0.25, 0.3) is 0 Å². The molecule has 3 rings (SSSR count). The van der Waals surface area contributed by atoms with E-state index < -0.39 is 10.0 Å². The lowest BCUT2D eigenvalue weighted by molar-refractivity contribution is 0.0954. The van der Waals surface area contributed by atoms with Gasteiger partial charge in [0.15, 0.2) is 0 Å². The molecule has 0 saturated carbocycles. The second-order valence-corrected chi connectivity index (χ2v) is 8.81. The molecule has 0 radical (unpaired) electrons. The lowest BCUT2D eigenvalue weighted by atomic mass is 10.1. The summed E-state index contributed by atoms with van der Waals surface area (Å²) in [6.45, 7) is 2.56. The monoisotopic (exact) mass is 438 g/mol. The fourth-order valence-corrected chi connectivity index (χ4v) is 4.61. The number of anilines is 1. The summed E-state index contributed by atoms with van der Waals surface area (Å²) in [4.78, 5) is 12.9. The Morgan fingerprint density at radius 3 is 2.23 bits per heavy atom. The van der Waals surface area contributed by atoms with Crippen LogP contribution in [0.4, 0.5) is 5.69 Å². The maximum absolute atomic E-state index is 13.7. The van der Waals surface area contributed by atoms with E-state index in [1.807, 2.05) is 37.3 Å². The molecule has 0 spiro atoms. The smallest absolute Gasteiger partial charge is 0.264 e. The fourth-order valence-electron chi connectivity index (χ4n) is 3.14. The summed E-state index contributed by atoms with van der Waals surface area (Å²) < 4.78 is 33.8. The van der Waals surface area contributed by atoms with Crippen LogP contribution in [-0.2, 0) is 16.6 Å². The van der Waals surface area contributed by atoms with Crippen LogP contribution in [0, 0.1) is 0 Å². The van der Waals surface area contributed by atoms with Gasteiger partial charge in [0.1, 0.15) is 5.75 Å². The molecule has 0 bridgehead atoms. The number of carbonyl (C=O) groups excluding carboxylic acids is 1. The molecule has 162 valence electrons. The van der Waals surface area contributed by atoms with E-state index in [4.69, 9.17) is 4.74 Å². The van der Waals surface area contributed by atoms with Crippen LogP contribution < -0.4 is 14.4 Å². The number of para-hydroxylation sites is 1. The number of nitrogens with one attached hydrogen (secondary N) is 1. The number of benzene rings is 3. The fraction of sp³-hybridized carbons (Fsp3) is 0.208. The Balaban J connectivity index is 2.10. The van der Waals surface area contributed by atoms with Crippen LogP contribution in [0.5, 0.6) is 5.75 Å². The first-order chi connectivity index (χ1) is 15.0. The van der Waals surface area contributed by atoms with E-state index >= 15 is 0 Å². The number of methoxy groups -OCH3 is 1. The summed E-state index contributed by atoms with van der Waals surface area (Å²) in [5.74, 6) is 0.258. The molecule has 0 aliphatic carbocycles. The topological polar surface area (TPSA) is 75.7 Å². The van der Waals surface area contributed by atoms with Gasteiger partial charge >= 0.3 is 0 Å². The predicted octanol–water partition coefficient (Wildman–Crippen LogP) is 4.23. The molecule has 0 aromatic heterocycles. The Labute approximate surface area is 183 Å². The molecule has 1 N–H and O–H groups in total. The Hall–Kier alpha value is -3.32. The van der Waals surface area contributed by atoms with Gasteiger partial charge in [0, 0.05) is 6.54 Å². The number of nitrogens with zero attached hydrogens (tertiary/aromatic N) is 1. The van der Waals surface area contributed by atoms with Crippen molar-refractivity contribution in [2.75, 3.05) is 18.0 Å². The second kappa shape index (κ2) is 10.1. The van der Waals surface area contributed by atoms with Crippen LogP contribution in [-0.4, -0.2) is 28.0 Å². The molecule has 0 aliphatic heterocycles. The summed E-state index contributed by atoms with van der Waals surface area (Å²) in [5, 5.41) is 2.84. The molecule has 31 heavy (non-hydrogen) atoms. The molecule has 0 heterocycles. The van der Waals surface area contributed by atoms with Crippen molar-refractivity contribution in [3.8, 4) is 5.75 Å². The first-order valence-corrected chi connectivity index (χ1v) is 11.5. The highest BCUT2D eigenvalue weighted by Crippen LogP contribution is 2.30. The van der Waals surface area contributed by atoms with Crippen molar-refractivity contribution in [2.24, 2.45) is 0 Å². The van der Waals surface area contributed by atoms with Crippen LogP contribution in [0.1, 0.15) is 29.3 Å². The summed E-state index contributed by atoms with van der Waals surface area (Å²) in [6, 6.07) is 22.3. The zero-order valence-electron chi connectivity index (χ0n) is 17.6. The number of ether oxygens (including phenoxy) is 1. The van der Waals surface area contributed by atoms with Gasteiger partial charge in [-0.1, -0.05) is 49.4 Å². The van der Waals surface area contributed by atoms with Gasteiger partial charge in [-0.05, 0) is 48.4 Å². The number of carbonyl (C=O) groups is 1. The number of amides is 1. The lowest BCUT2D eigenvalue weighted by Gasteiger charge is -2.26. The molecule has 0 saturated heterocycles. The lowest BCUT2D eigenvalue weighted by Crippen LogP contribution is -2.33. The third kappa shape index (κ3) is 5.24. The first-order valence-electron chi connectivity index (χ1n) is 10.0. The largest absolute Gasteiger partial charge is 0.497 e. The summed E-state index contributed by atoms with van der Waals surface area (Å²) in [5.41, 5.74) is 1.45. The van der Waals surface area contributed by atoms with Crippen LogP contribution in [0.3, 0.4) is 0 Å². The quantitative estimate of drug-likeness (QED) is 0.542. The number of hydrogen-bond acceptors (Lipinski definition) is 4. The standard InChI is InChI=1S/C24H26N2O4S/c1-3-17-25-24(27)22-11-7-8-12-23(22)26(18-19-9-5-4-6-10-19)31(28,29)21-15-13-20(30-2)14-16-21/h4-16H,3,17-18H2,1-2H3,(H,25,27). The molecular formula is C24H26N2O4S. The molecular weight excluding hydrogens is 412 g/mol. The Bertz CT molecular complexity index is 1110. The van der Waals surface area contributed by atoms with Crippen molar-refractivity contribution in [1.82, 2.24) is 5.32 Å². The van der Waals surface area contributed by atoms with Gasteiger partial charge in [-0.2, -0.15) is 0 Å². The minimum atomic E-state index is -3.96. The molecule has 0 fully saturated rings. The molecule has 0 atom stereocenters. The van der Waals surface area contributed by atoms with Crippen LogP contribution >= 0.6 is 0 Å². The van der Waals surface area contributed by atoms with Gasteiger partial charge in [-0.3, -0.25) is 9.10 Å². The summed E-state index contributed by atoms with van der Waals surface area (Å²) in [7, 11) is -2.43. The molecule has 1 amide bonds. The third-order valence-electron chi connectivity index (χ3n) is 4.77. The first kappa shape index (κ1) is 22.4. The zero-order chi connectivity index (χ0) is 22.3. The average molecular weight is 439 g/mol. The van der Waals surface area contributed by atoms with Crippen molar-refractivity contribution >= 4 is 21.6 Å². The van der Waals surface area contributed by atoms with E-state index in [1.54, 1.807) is 36.4 Å². The summed E-state index contributed by atoms with van der Waals surface area (Å²) >= 11 is 0. The van der Waals surface area contributed by atoms with E-state index in [2.05, 4.69) is 5.32 Å². The average Bonchev–Trinajstić information content (AvgIpc) is 2.81. The summed E-state index contributed by atoms with van der Waals surface area (Å²) in [6.07, 6.45) is 0.784. The van der Waals surface area contributed by atoms with Crippen LogP contribution in [0.15, 0.2) is 83.8 Å². The Morgan fingerprint density at radius 1 is 0.935 bits per heavy atom. The van der Waals surface area contributed by atoms with Gasteiger partial charge in [0.2, 0.25) is 0 Å². The molecule has 3 aromatic carbocycles. The minimum Gasteiger partial charge on any atom is -0.497 e. The van der Waals surface area contributed by atoms with Gasteiger partial charge in [0.25, 0.3) is 15.9 Å². The van der Waals surface area contributed by atoms with E-state index in [9.17, 15) is 13.2 Å². The van der Waals surface area contributed by atoms with Gasteiger partial charge in [-0.15, -0.1) is 0 Å². The minimum absolute atomic E-state index is 0.0905. The third-order valence-corrected chi connectivity index (χ3v) is 6.54. The highest BCUT2D eigenvalue weighted by atomic mass is 32.2. The van der Waals surface area contributed by atoms with Crippen molar-refractivity contribution in [1.29, 1.82) is 0 Å². The highest BCUT2D eigenvalue weighted by molar-refractivity contribution is 7.92. The normalized spacial score (nSPS) is 11.0. The van der Waals surface area contributed by atoms with E-state index in [-0.39, 0.29) is 17.3 Å². The maximum Gasteiger partial charge on any atom is 0.264 e. The van der Waals surface area contributed by atoms with Crippen molar-refractivity contribution in [2.45, 2.75) is 24.8 Å². The number of hydrogen-bond donors (Lipinski definition) is 1. The predicted molar refractivity (Wildman–Crippen MR) is 122 cm³/mol. The van der Waals surface area contributed by atoms with Gasteiger partial charge in [-0.25, -0.2) is 8.42 Å². The molecule has 0 unspecified atom stereocenters. The van der Waals surface area contributed by atoms with E-state index in [0.717, 1.165) is 12.0 Å².